The Kier molecular flexibility index (Phi) is 3.85. The minimum Gasteiger partial charge on any atom is -0.358 e. The van der Waals surface area contributed by atoms with Crippen LogP contribution >= 0.6 is 11.6 Å². The van der Waals surface area contributed by atoms with Gasteiger partial charge in [-0.25, -0.2) is 4.98 Å². The number of aromatic amines is 1. The second-order valence-electron chi connectivity index (χ2n) is 4.66. The first-order chi connectivity index (χ1) is 8.61. The Morgan fingerprint density at radius 1 is 1.56 bits per heavy atom. The predicted molar refractivity (Wildman–Crippen MR) is 72.4 cm³/mol. The van der Waals surface area contributed by atoms with Gasteiger partial charge in [0, 0.05) is 12.7 Å². The first kappa shape index (κ1) is 12.9. The molecule has 2 rings (SSSR count). The molecule has 0 aliphatic rings. The average Bonchev–Trinajstić information content (AvgIpc) is 2.71. The van der Waals surface area contributed by atoms with E-state index in [-0.39, 0.29) is 0 Å². The molecule has 0 saturated carbocycles. The highest BCUT2D eigenvalue weighted by Crippen LogP contribution is 2.24. The minimum atomic E-state index is 0.394. The number of nitrogens with zero attached hydrogens (tertiary/aromatic N) is 2. The average molecular weight is 263 g/mol. The third-order valence-corrected chi connectivity index (χ3v) is 2.94. The highest BCUT2D eigenvalue weighted by Gasteiger charge is 2.10. The first-order valence-corrected chi connectivity index (χ1v) is 6.27. The van der Waals surface area contributed by atoms with Gasteiger partial charge in [-0.1, -0.05) is 25.4 Å². The fraction of sp³-hybridized carbons (Fsp3) is 0.385. The van der Waals surface area contributed by atoms with E-state index in [0.717, 1.165) is 17.6 Å². The number of nitriles is 1. The van der Waals surface area contributed by atoms with Crippen molar-refractivity contribution in [2.24, 2.45) is 5.92 Å². The molecule has 0 fully saturated rings. The van der Waals surface area contributed by atoms with Crippen molar-refractivity contribution in [1.82, 2.24) is 15.3 Å². The molecule has 5 heteroatoms. The summed E-state index contributed by atoms with van der Waals surface area (Å²) in [6.45, 7) is 5.94. The van der Waals surface area contributed by atoms with Gasteiger partial charge in [0.25, 0.3) is 0 Å². The molecule has 0 saturated heterocycles. The van der Waals surface area contributed by atoms with Crippen LogP contribution in [0.15, 0.2) is 12.3 Å². The van der Waals surface area contributed by atoms with Crippen LogP contribution in [0.25, 0.3) is 11.0 Å². The number of H-pyrrole nitrogens is 1. The van der Waals surface area contributed by atoms with E-state index >= 15 is 0 Å². The number of nitrogens with one attached hydrogen (secondary N) is 2. The van der Waals surface area contributed by atoms with Crippen LogP contribution in [0.3, 0.4) is 0 Å². The summed E-state index contributed by atoms with van der Waals surface area (Å²) < 4.78 is 0. The van der Waals surface area contributed by atoms with Crippen LogP contribution < -0.4 is 5.32 Å². The molecule has 4 nitrogen and oxygen atoms in total. The molecule has 0 spiro atoms. The maximum atomic E-state index is 8.98. The summed E-state index contributed by atoms with van der Waals surface area (Å²) in [7, 11) is 0. The van der Waals surface area contributed by atoms with Crippen LogP contribution in [0.5, 0.6) is 0 Å². The van der Waals surface area contributed by atoms with Gasteiger partial charge in [-0.3, -0.25) is 0 Å². The van der Waals surface area contributed by atoms with Crippen molar-refractivity contribution in [1.29, 1.82) is 5.26 Å². The third kappa shape index (κ3) is 2.63. The lowest BCUT2D eigenvalue weighted by Crippen LogP contribution is -2.19. The van der Waals surface area contributed by atoms with E-state index in [4.69, 9.17) is 16.9 Å². The molecule has 0 aliphatic heterocycles. The highest BCUT2D eigenvalue weighted by atomic mass is 35.5. The molecule has 0 amide bonds. The second kappa shape index (κ2) is 5.38. The Balaban J connectivity index is 2.33. The Morgan fingerprint density at radius 2 is 2.33 bits per heavy atom. The number of halogens is 1. The van der Waals surface area contributed by atoms with Crippen molar-refractivity contribution in [2.45, 2.75) is 20.4 Å². The fourth-order valence-electron chi connectivity index (χ4n) is 1.83. The highest BCUT2D eigenvalue weighted by molar-refractivity contribution is 6.35. The van der Waals surface area contributed by atoms with E-state index in [2.05, 4.69) is 35.2 Å². The van der Waals surface area contributed by atoms with Crippen LogP contribution in [-0.4, -0.2) is 16.5 Å². The molecule has 2 aromatic rings. The van der Waals surface area contributed by atoms with Crippen LogP contribution in [0.2, 0.25) is 5.02 Å². The Morgan fingerprint density at radius 3 is 3.00 bits per heavy atom. The third-order valence-electron chi connectivity index (χ3n) is 2.65. The van der Waals surface area contributed by atoms with Crippen molar-refractivity contribution >= 4 is 22.6 Å². The molecule has 0 aliphatic carbocycles. The summed E-state index contributed by atoms with van der Waals surface area (Å²) in [5.41, 5.74) is 2.97. The SMILES string of the molecule is CC(C)CNCc1cc(C#N)nc2c(Cl)c[nH]c12. The van der Waals surface area contributed by atoms with Crippen LogP contribution in [-0.2, 0) is 6.54 Å². The summed E-state index contributed by atoms with van der Waals surface area (Å²) in [6, 6.07) is 3.86. The predicted octanol–water partition coefficient (Wildman–Crippen LogP) is 2.83. The van der Waals surface area contributed by atoms with Crippen LogP contribution in [0, 0.1) is 17.2 Å². The molecule has 2 N–H and O–H groups in total. The standard InChI is InChI=1S/C13H15ClN4/c1-8(2)5-16-6-9-3-10(4-15)18-13-11(14)7-17-12(9)13/h3,7-8,16-17H,5-6H2,1-2H3. The number of pyridine rings is 1. The van der Waals surface area contributed by atoms with E-state index in [0.29, 0.717) is 28.7 Å². The van der Waals surface area contributed by atoms with Gasteiger partial charge in [-0.05, 0) is 24.1 Å². The smallest absolute Gasteiger partial charge is 0.141 e. The lowest BCUT2D eigenvalue weighted by molar-refractivity contribution is 0.553. The Bertz CT molecular complexity index is 595. The molecule has 0 bridgehead atoms. The lowest BCUT2D eigenvalue weighted by atomic mass is 10.1. The maximum Gasteiger partial charge on any atom is 0.141 e. The summed E-state index contributed by atoms with van der Waals surface area (Å²) in [5, 5.41) is 12.9. The van der Waals surface area contributed by atoms with Gasteiger partial charge in [-0.2, -0.15) is 5.26 Å². The van der Waals surface area contributed by atoms with E-state index in [1.807, 2.05) is 0 Å². The minimum absolute atomic E-state index is 0.394. The molecule has 0 atom stereocenters. The van der Waals surface area contributed by atoms with E-state index in [1.165, 1.54) is 0 Å². The van der Waals surface area contributed by atoms with Crippen molar-refractivity contribution in [3.63, 3.8) is 0 Å². The quantitative estimate of drug-likeness (QED) is 0.891. The van der Waals surface area contributed by atoms with Crippen molar-refractivity contribution < 1.29 is 0 Å². The molecule has 0 unspecified atom stereocenters. The Labute approximate surface area is 111 Å². The summed E-state index contributed by atoms with van der Waals surface area (Å²) in [5.74, 6) is 0.588. The largest absolute Gasteiger partial charge is 0.358 e. The zero-order valence-electron chi connectivity index (χ0n) is 10.4. The summed E-state index contributed by atoms with van der Waals surface area (Å²) >= 11 is 6.03. The topological polar surface area (TPSA) is 64.5 Å². The van der Waals surface area contributed by atoms with E-state index in [9.17, 15) is 0 Å². The molecule has 18 heavy (non-hydrogen) atoms. The number of hydrogen-bond donors (Lipinski definition) is 2. The van der Waals surface area contributed by atoms with Crippen LogP contribution in [0.1, 0.15) is 25.1 Å². The molecular formula is C13H15ClN4. The van der Waals surface area contributed by atoms with Gasteiger partial charge in [-0.15, -0.1) is 0 Å². The van der Waals surface area contributed by atoms with Gasteiger partial charge in [0.1, 0.15) is 17.3 Å². The molecule has 2 aromatic heterocycles. The zero-order valence-corrected chi connectivity index (χ0v) is 11.2. The lowest BCUT2D eigenvalue weighted by Gasteiger charge is -2.08. The fourth-order valence-corrected chi connectivity index (χ4v) is 2.02. The van der Waals surface area contributed by atoms with Gasteiger partial charge in [0.15, 0.2) is 0 Å². The van der Waals surface area contributed by atoms with Crippen molar-refractivity contribution in [2.75, 3.05) is 6.54 Å². The first-order valence-electron chi connectivity index (χ1n) is 5.89. The molecule has 94 valence electrons. The second-order valence-corrected chi connectivity index (χ2v) is 5.07. The number of aromatic nitrogens is 2. The number of hydrogen-bond acceptors (Lipinski definition) is 3. The van der Waals surface area contributed by atoms with Gasteiger partial charge in [0.2, 0.25) is 0 Å². The van der Waals surface area contributed by atoms with E-state index < -0.39 is 0 Å². The zero-order chi connectivity index (χ0) is 13.1. The normalized spacial score (nSPS) is 11.1. The van der Waals surface area contributed by atoms with Crippen molar-refractivity contribution in [3.8, 4) is 6.07 Å². The Hall–Kier alpha value is -1.57. The molecule has 0 aromatic carbocycles. The summed E-state index contributed by atoms with van der Waals surface area (Å²) in [6.07, 6.45) is 1.70. The van der Waals surface area contributed by atoms with E-state index in [1.54, 1.807) is 12.3 Å². The molecule has 0 radical (unpaired) electrons. The number of fused-ring (bicyclic) bond motifs is 1. The summed E-state index contributed by atoms with van der Waals surface area (Å²) in [4.78, 5) is 7.31. The number of rotatable bonds is 4. The van der Waals surface area contributed by atoms with Gasteiger partial charge < -0.3 is 10.3 Å². The monoisotopic (exact) mass is 262 g/mol. The van der Waals surface area contributed by atoms with Crippen LogP contribution in [0.4, 0.5) is 0 Å². The van der Waals surface area contributed by atoms with Crippen molar-refractivity contribution in [3.05, 3.63) is 28.5 Å². The molecule has 2 heterocycles. The maximum absolute atomic E-state index is 8.98. The molecular weight excluding hydrogens is 248 g/mol. The van der Waals surface area contributed by atoms with Gasteiger partial charge >= 0.3 is 0 Å². The van der Waals surface area contributed by atoms with Gasteiger partial charge in [0.05, 0.1) is 10.5 Å².